The predicted molar refractivity (Wildman–Crippen MR) is 64.5 cm³/mol. The van der Waals surface area contributed by atoms with Crippen molar-refractivity contribution in [1.82, 2.24) is 0 Å². The third-order valence-corrected chi connectivity index (χ3v) is 3.20. The van der Waals surface area contributed by atoms with Gasteiger partial charge in [0, 0.05) is 0 Å². The van der Waals surface area contributed by atoms with Crippen molar-refractivity contribution in [2.75, 3.05) is 0 Å². The van der Waals surface area contributed by atoms with E-state index in [1.54, 1.807) is 0 Å². The van der Waals surface area contributed by atoms with Crippen LogP contribution >= 0.6 is 11.6 Å². The summed E-state index contributed by atoms with van der Waals surface area (Å²) in [5.74, 6) is 0.00275. The van der Waals surface area contributed by atoms with E-state index >= 15 is 0 Å². The number of carbonyl (C=O) groups excluding carboxylic acids is 1. The lowest BCUT2D eigenvalue weighted by molar-refractivity contribution is -0.116. The van der Waals surface area contributed by atoms with Crippen LogP contribution in [0.5, 0.6) is 0 Å². The Morgan fingerprint density at radius 1 is 1.27 bits per heavy atom. The number of benzene rings is 1. The van der Waals surface area contributed by atoms with E-state index in [-0.39, 0.29) is 5.78 Å². The molecule has 1 unspecified atom stereocenters. The Morgan fingerprint density at radius 2 is 1.87 bits per heavy atom. The molecule has 1 nitrogen and oxygen atoms in total. The first-order valence-corrected chi connectivity index (χ1v) is 5.80. The smallest absolute Gasteiger partial charge is 0.152 e. The number of rotatable bonds is 4. The van der Waals surface area contributed by atoms with Crippen LogP contribution in [0.15, 0.2) is 18.2 Å². The summed E-state index contributed by atoms with van der Waals surface area (Å²) < 4.78 is 0. The fraction of sp³-hybridized carbons (Fsp3) is 0.462. The zero-order valence-corrected chi connectivity index (χ0v) is 10.3. The molecule has 1 aromatic rings. The maximum absolute atomic E-state index is 11.2. The Kier molecular flexibility index (Phi) is 4.34. The highest BCUT2D eigenvalue weighted by Crippen LogP contribution is 2.24. The van der Waals surface area contributed by atoms with Crippen molar-refractivity contribution in [1.29, 1.82) is 0 Å². The zero-order valence-electron chi connectivity index (χ0n) is 9.51. The van der Waals surface area contributed by atoms with E-state index in [0.29, 0.717) is 0 Å². The summed E-state index contributed by atoms with van der Waals surface area (Å²) in [4.78, 5) is 11.2. The fourth-order valence-corrected chi connectivity index (χ4v) is 1.85. The Balaban J connectivity index is 3.07. The van der Waals surface area contributed by atoms with Crippen LogP contribution in [0.4, 0.5) is 0 Å². The summed E-state index contributed by atoms with van der Waals surface area (Å²) in [7, 11) is 0. The third-order valence-electron chi connectivity index (χ3n) is 2.64. The molecule has 0 saturated heterocycles. The molecule has 15 heavy (non-hydrogen) atoms. The molecule has 0 aliphatic rings. The van der Waals surface area contributed by atoms with Crippen molar-refractivity contribution in [3.05, 3.63) is 34.9 Å². The Labute approximate surface area is 96.5 Å². The van der Waals surface area contributed by atoms with Crippen molar-refractivity contribution in [2.45, 2.75) is 39.0 Å². The molecule has 1 atom stereocenters. The molecule has 2 heteroatoms. The molecule has 82 valence electrons. The van der Waals surface area contributed by atoms with Crippen molar-refractivity contribution >= 4 is 17.4 Å². The summed E-state index contributed by atoms with van der Waals surface area (Å²) in [6.07, 6.45) is 2.01. The van der Waals surface area contributed by atoms with E-state index < -0.39 is 5.38 Å². The van der Waals surface area contributed by atoms with E-state index in [2.05, 4.69) is 26.0 Å². The van der Waals surface area contributed by atoms with Crippen LogP contribution in [0.25, 0.3) is 0 Å². The lowest BCUT2D eigenvalue weighted by Crippen LogP contribution is -2.03. The van der Waals surface area contributed by atoms with E-state index in [0.717, 1.165) is 18.4 Å². The maximum Gasteiger partial charge on any atom is 0.152 e. The molecule has 0 aliphatic carbocycles. The normalized spacial score (nSPS) is 12.5. The molecule has 0 fully saturated rings. The van der Waals surface area contributed by atoms with Crippen molar-refractivity contribution in [3.63, 3.8) is 0 Å². The van der Waals surface area contributed by atoms with E-state index in [4.69, 9.17) is 11.6 Å². The largest absolute Gasteiger partial charge is 0.298 e. The third kappa shape index (κ3) is 2.82. The van der Waals surface area contributed by atoms with Gasteiger partial charge in [-0.05, 0) is 36.5 Å². The lowest BCUT2D eigenvalue weighted by Gasteiger charge is -2.11. The van der Waals surface area contributed by atoms with Gasteiger partial charge in [-0.1, -0.05) is 32.0 Å². The van der Waals surface area contributed by atoms with Gasteiger partial charge in [-0.15, -0.1) is 11.6 Å². The standard InChI is InChI=1S/C13H17ClO/c1-4-10-6-7-12(8-11(10)5-2)13(14)9(3)15/h6-8,13H,4-5H2,1-3H3. The summed E-state index contributed by atoms with van der Waals surface area (Å²) in [6.45, 7) is 5.78. The van der Waals surface area contributed by atoms with Crippen molar-refractivity contribution < 1.29 is 4.79 Å². The molecule has 1 aromatic carbocycles. The van der Waals surface area contributed by atoms with Crippen LogP contribution in [0, 0.1) is 0 Å². The highest BCUT2D eigenvalue weighted by Gasteiger charge is 2.13. The van der Waals surface area contributed by atoms with Gasteiger partial charge in [0.15, 0.2) is 5.78 Å². The maximum atomic E-state index is 11.2. The molecule has 0 aromatic heterocycles. The van der Waals surface area contributed by atoms with Crippen molar-refractivity contribution in [2.24, 2.45) is 0 Å². The number of Topliss-reactive ketones (excluding diaryl/α,β-unsaturated/α-hetero) is 1. The monoisotopic (exact) mass is 224 g/mol. The number of carbonyl (C=O) groups is 1. The second-order valence-corrected chi connectivity index (χ2v) is 4.14. The van der Waals surface area contributed by atoms with Gasteiger partial charge in [-0.2, -0.15) is 0 Å². The Morgan fingerprint density at radius 3 is 2.33 bits per heavy atom. The minimum absolute atomic E-state index is 0.00275. The number of halogens is 1. The van der Waals surface area contributed by atoms with Crippen LogP contribution in [-0.4, -0.2) is 5.78 Å². The van der Waals surface area contributed by atoms with Crippen LogP contribution < -0.4 is 0 Å². The predicted octanol–water partition coefficient (Wildman–Crippen LogP) is 3.68. The molecule has 1 rings (SSSR count). The van der Waals surface area contributed by atoms with Gasteiger partial charge >= 0.3 is 0 Å². The van der Waals surface area contributed by atoms with E-state index in [9.17, 15) is 4.79 Å². The number of aryl methyl sites for hydroxylation is 2. The number of hydrogen-bond donors (Lipinski definition) is 0. The van der Waals surface area contributed by atoms with Gasteiger partial charge < -0.3 is 0 Å². The van der Waals surface area contributed by atoms with Gasteiger partial charge in [0.25, 0.3) is 0 Å². The molecule has 0 bridgehead atoms. The molecule has 0 heterocycles. The fourth-order valence-electron chi connectivity index (χ4n) is 1.71. The van der Waals surface area contributed by atoms with Gasteiger partial charge in [-0.3, -0.25) is 4.79 Å². The summed E-state index contributed by atoms with van der Waals surface area (Å²) >= 11 is 6.02. The van der Waals surface area contributed by atoms with Crippen LogP contribution in [0.1, 0.15) is 42.8 Å². The Hall–Kier alpha value is -0.820. The number of hydrogen-bond acceptors (Lipinski definition) is 1. The SMILES string of the molecule is CCc1ccc(C(Cl)C(C)=O)cc1CC. The molecule has 0 radical (unpaired) electrons. The molecule has 0 saturated carbocycles. The van der Waals surface area contributed by atoms with Gasteiger partial charge in [-0.25, -0.2) is 0 Å². The second kappa shape index (κ2) is 5.32. The molecule has 0 amide bonds. The first-order valence-electron chi connectivity index (χ1n) is 5.36. The van der Waals surface area contributed by atoms with Gasteiger partial charge in [0.1, 0.15) is 5.38 Å². The molecular formula is C13H17ClO. The van der Waals surface area contributed by atoms with E-state index in [1.165, 1.54) is 18.1 Å². The van der Waals surface area contributed by atoms with E-state index in [1.807, 2.05) is 6.07 Å². The molecular weight excluding hydrogens is 208 g/mol. The number of alkyl halides is 1. The Bertz CT molecular complexity index is 358. The highest BCUT2D eigenvalue weighted by atomic mass is 35.5. The minimum Gasteiger partial charge on any atom is -0.298 e. The van der Waals surface area contributed by atoms with Crippen LogP contribution in [0.3, 0.4) is 0 Å². The average molecular weight is 225 g/mol. The topological polar surface area (TPSA) is 17.1 Å². The first kappa shape index (κ1) is 12.3. The van der Waals surface area contributed by atoms with Gasteiger partial charge in [0.2, 0.25) is 0 Å². The first-order chi connectivity index (χ1) is 7.10. The second-order valence-electron chi connectivity index (χ2n) is 3.71. The molecule has 0 spiro atoms. The highest BCUT2D eigenvalue weighted by molar-refractivity contribution is 6.30. The van der Waals surface area contributed by atoms with Crippen molar-refractivity contribution in [3.8, 4) is 0 Å². The quantitative estimate of drug-likeness (QED) is 0.713. The minimum atomic E-state index is -0.499. The summed E-state index contributed by atoms with van der Waals surface area (Å²) in [5.41, 5.74) is 3.55. The number of ketones is 1. The van der Waals surface area contributed by atoms with Crippen LogP contribution in [-0.2, 0) is 17.6 Å². The van der Waals surface area contributed by atoms with Crippen LogP contribution in [0.2, 0.25) is 0 Å². The molecule has 0 aliphatic heterocycles. The average Bonchev–Trinajstić information content (AvgIpc) is 2.26. The summed E-state index contributed by atoms with van der Waals surface area (Å²) in [5, 5.41) is -0.499. The van der Waals surface area contributed by atoms with Gasteiger partial charge in [0.05, 0.1) is 0 Å². The molecule has 0 N–H and O–H groups in total. The zero-order chi connectivity index (χ0) is 11.4. The lowest BCUT2D eigenvalue weighted by atomic mass is 9.98. The summed E-state index contributed by atoms with van der Waals surface area (Å²) in [6, 6.07) is 6.08.